The van der Waals surface area contributed by atoms with Crippen LogP contribution in [0.15, 0.2) is 18.2 Å². The van der Waals surface area contributed by atoms with E-state index in [0.717, 1.165) is 31.4 Å². The summed E-state index contributed by atoms with van der Waals surface area (Å²) in [6, 6.07) is 3.24. The molecule has 0 bridgehead atoms. The van der Waals surface area contributed by atoms with Crippen LogP contribution in [0, 0.1) is 10.1 Å². The van der Waals surface area contributed by atoms with Gasteiger partial charge in [-0.1, -0.05) is 0 Å². The molecule has 1 aromatic carbocycles. The lowest BCUT2D eigenvalue weighted by Gasteiger charge is -2.19. The van der Waals surface area contributed by atoms with Crippen molar-refractivity contribution in [2.75, 3.05) is 7.11 Å². The van der Waals surface area contributed by atoms with E-state index in [1.165, 1.54) is 6.07 Å². The summed E-state index contributed by atoms with van der Waals surface area (Å²) in [6.45, 7) is 0. The molecule has 1 aliphatic rings. The maximum absolute atomic E-state index is 12.2. The molecular formula is C13H16N2O5. The second-order valence-electron chi connectivity index (χ2n) is 4.74. The smallest absolute Gasteiger partial charge is 0.282 e. The highest BCUT2D eigenvalue weighted by atomic mass is 16.6. The summed E-state index contributed by atoms with van der Waals surface area (Å²) in [5.74, 6) is -0.753. The predicted octanol–water partition coefficient (Wildman–Crippen LogP) is 1.60. The summed E-state index contributed by atoms with van der Waals surface area (Å²) >= 11 is 0. The number of benzene rings is 1. The van der Waals surface area contributed by atoms with Gasteiger partial charge in [0.15, 0.2) is 0 Å². The van der Waals surface area contributed by atoms with Crippen LogP contribution < -0.4 is 5.32 Å². The minimum absolute atomic E-state index is 0.0738. The van der Waals surface area contributed by atoms with Crippen LogP contribution in [0.5, 0.6) is 5.75 Å². The van der Waals surface area contributed by atoms with Gasteiger partial charge in [-0.25, -0.2) is 0 Å². The van der Waals surface area contributed by atoms with E-state index in [4.69, 9.17) is 4.74 Å². The highest BCUT2D eigenvalue weighted by Crippen LogP contribution is 2.25. The fourth-order valence-electron chi connectivity index (χ4n) is 2.48. The monoisotopic (exact) mass is 280 g/mol. The highest BCUT2D eigenvalue weighted by molar-refractivity contribution is 5.98. The van der Waals surface area contributed by atoms with Gasteiger partial charge in [-0.05, 0) is 31.4 Å². The maximum atomic E-state index is 12.2. The largest absolute Gasteiger partial charge is 0.508 e. The Kier molecular flexibility index (Phi) is 4.19. The molecule has 20 heavy (non-hydrogen) atoms. The molecule has 7 nitrogen and oxygen atoms in total. The number of methoxy groups -OCH3 is 1. The third-order valence-electron chi connectivity index (χ3n) is 3.49. The Labute approximate surface area is 115 Å². The van der Waals surface area contributed by atoms with Crippen molar-refractivity contribution < 1.29 is 19.6 Å². The van der Waals surface area contributed by atoms with Gasteiger partial charge in [-0.3, -0.25) is 14.9 Å². The van der Waals surface area contributed by atoms with Crippen molar-refractivity contribution >= 4 is 11.6 Å². The molecule has 2 unspecified atom stereocenters. The van der Waals surface area contributed by atoms with E-state index < -0.39 is 10.8 Å². The van der Waals surface area contributed by atoms with Crippen molar-refractivity contribution in [3.05, 3.63) is 33.9 Å². The lowest BCUT2D eigenvalue weighted by Crippen LogP contribution is -2.40. The summed E-state index contributed by atoms with van der Waals surface area (Å²) < 4.78 is 5.26. The number of hydrogen-bond donors (Lipinski definition) is 2. The number of hydrogen-bond acceptors (Lipinski definition) is 5. The van der Waals surface area contributed by atoms with Crippen molar-refractivity contribution in [2.24, 2.45) is 0 Å². The van der Waals surface area contributed by atoms with Gasteiger partial charge < -0.3 is 15.2 Å². The minimum atomic E-state index is -0.642. The van der Waals surface area contributed by atoms with Gasteiger partial charge in [0.1, 0.15) is 11.3 Å². The van der Waals surface area contributed by atoms with Crippen molar-refractivity contribution in [2.45, 2.75) is 31.4 Å². The van der Waals surface area contributed by atoms with Crippen LogP contribution in [0.4, 0.5) is 5.69 Å². The van der Waals surface area contributed by atoms with Gasteiger partial charge in [0.05, 0.1) is 17.1 Å². The fourth-order valence-corrected chi connectivity index (χ4v) is 2.48. The Balaban J connectivity index is 2.20. The van der Waals surface area contributed by atoms with Crippen molar-refractivity contribution in [3.8, 4) is 5.75 Å². The number of amides is 1. The summed E-state index contributed by atoms with van der Waals surface area (Å²) in [5, 5.41) is 23.1. The first kappa shape index (κ1) is 14.3. The molecule has 0 heterocycles. The van der Waals surface area contributed by atoms with Gasteiger partial charge in [-0.15, -0.1) is 0 Å². The molecule has 0 radical (unpaired) electrons. The van der Waals surface area contributed by atoms with E-state index in [9.17, 15) is 20.0 Å². The zero-order chi connectivity index (χ0) is 14.7. The summed E-state index contributed by atoms with van der Waals surface area (Å²) in [5.41, 5.74) is -0.469. The Morgan fingerprint density at radius 3 is 2.90 bits per heavy atom. The SMILES string of the molecule is COC1CCCC1NC(=O)c1cc(O)ccc1[N+](=O)[O-]. The fraction of sp³-hybridized carbons (Fsp3) is 0.462. The zero-order valence-corrected chi connectivity index (χ0v) is 11.0. The highest BCUT2D eigenvalue weighted by Gasteiger charge is 2.30. The average Bonchev–Trinajstić information content (AvgIpc) is 2.85. The van der Waals surface area contributed by atoms with Crippen LogP contribution in [0.25, 0.3) is 0 Å². The molecule has 1 saturated carbocycles. The van der Waals surface area contributed by atoms with Crippen LogP contribution in [0.2, 0.25) is 0 Å². The van der Waals surface area contributed by atoms with Crippen LogP contribution in [0.1, 0.15) is 29.6 Å². The van der Waals surface area contributed by atoms with E-state index in [1.807, 2.05) is 0 Å². The van der Waals surface area contributed by atoms with Gasteiger partial charge in [-0.2, -0.15) is 0 Å². The van der Waals surface area contributed by atoms with Gasteiger partial charge >= 0.3 is 0 Å². The number of carbonyl (C=O) groups is 1. The summed E-state index contributed by atoms with van der Waals surface area (Å²) in [4.78, 5) is 22.4. The van der Waals surface area contributed by atoms with Crippen molar-refractivity contribution in [1.29, 1.82) is 0 Å². The van der Waals surface area contributed by atoms with Crippen LogP contribution >= 0.6 is 0 Å². The number of ether oxygens (including phenoxy) is 1. The second-order valence-corrected chi connectivity index (χ2v) is 4.74. The van der Waals surface area contributed by atoms with E-state index in [-0.39, 0.29) is 29.1 Å². The van der Waals surface area contributed by atoms with Crippen molar-refractivity contribution in [1.82, 2.24) is 5.32 Å². The van der Waals surface area contributed by atoms with Crippen LogP contribution in [-0.4, -0.2) is 35.2 Å². The normalized spacial score (nSPS) is 21.6. The molecule has 1 aliphatic carbocycles. The molecule has 2 atom stereocenters. The number of nitro groups is 1. The van der Waals surface area contributed by atoms with Crippen LogP contribution in [0.3, 0.4) is 0 Å². The summed E-state index contributed by atoms with van der Waals surface area (Å²) in [6.07, 6.45) is 2.49. The molecule has 1 amide bonds. The average molecular weight is 280 g/mol. The number of rotatable bonds is 4. The number of phenolic OH excluding ortho intramolecular Hbond substituents is 1. The number of nitro benzene ring substituents is 1. The topological polar surface area (TPSA) is 102 Å². The summed E-state index contributed by atoms with van der Waals surface area (Å²) in [7, 11) is 1.58. The number of nitrogens with one attached hydrogen (secondary N) is 1. The number of nitrogens with zero attached hydrogens (tertiary/aromatic N) is 1. The predicted molar refractivity (Wildman–Crippen MR) is 70.7 cm³/mol. The molecule has 108 valence electrons. The van der Waals surface area contributed by atoms with Gasteiger partial charge in [0.2, 0.25) is 0 Å². The van der Waals surface area contributed by atoms with E-state index in [1.54, 1.807) is 7.11 Å². The lowest BCUT2D eigenvalue weighted by atomic mass is 10.1. The zero-order valence-electron chi connectivity index (χ0n) is 11.0. The molecule has 0 aromatic heterocycles. The molecular weight excluding hydrogens is 264 g/mol. The number of phenols is 1. The minimum Gasteiger partial charge on any atom is -0.508 e. The molecule has 0 spiro atoms. The molecule has 7 heteroatoms. The van der Waals surface area contributed by atoms with E-state index in [0.29, 0.717) is 0 Å². The van der Waals surface area contributed by atoms with Crippen molar-refractivity contribution in [3.63, 3.8) is 0 Å². The Hall–Kier alpha value is -2.15. The standard InChI is InChI=1S/C13H16N2O5/c1-20-12-4-2-3-10(12)14-13(17)9-7-8(16)5-6-11(9)15(18)19/h5-7,10,12,16H,2-4H2,1H3,(H,14,17). The third-order valence-corrected chi connectivity index (χ3v) is 3.49. The molecule has 0 aliphatic heterocycles. The quantitative estimate of drug-likeness (QED) is 0.644. The molecule has 2 rings (SSSR count). The van der Waals surface area contributed by atoms with Gasteiger partial charge in [0.25, 0.3) is 11.6 Å². The molecule has 0 saturated heterocycles. The number of carbonyl (C=O) groups excluding carboxylic acids is 1. The Morgan fingerprint density at radius 1 is 1.50 bits per heavy atom. The van der Waals surface area contributed by atoms with E-state index in [2.05, 4.69) is 5.32 Å². The molecule has 1 aromatic rings. The maximum Gasteiger partial charge on any atom is 0.282 e. The first-order valence-corrected chi connectivity index (χ1v) is 6.34. The van der Waals surface area contributed by atoms with E-state index >= 15 is 0 Å². The van der Waals surface area contributed by atoms with Crippen LogP contribution in [-0.2, 0) is 4.74 Å². The number of aromatic hydroxyl groups is 1. The first-order valence-electron chi connectivity index (χ1n) is 6.34. The molecule has 2 N–H and O–H groups in total. The lowest BCUT2D eigenvalue weighted by molar-refractivity contribution is -0.385. The third kappa shape index (κ3) is 2.88. The first-order chi connectivity index (χ1) is 9.52. The Morgan fingerprint density at radius 2 is 2.25 bits per heavy atom. The molecule has 1 fully saturated rings. The second kappa shape index (κ2) is 5.87. The Bertz CT molecular complexity index is 531. The van der Waals surface area contributed by atoms with Gasteiger partial charge in [0, 0.05) is 13.2 Å².